The van der Waals surface area contributed by atoms with E-state index in [0.717, 1.165) is 11.1 Å². The number of esters is 1. The molecule has 3 nitrogen and oxygen atoms in total. The number of carbonyl (C=O) groups excluding carboxylic acids is 1. The Morgan fingerprint density at radius 3 is 2.33 bits per heavy atom. The summed E-state index contributed by atoms with van der Waals surface area (Å²) in [6.07, 6.45) is 8.78. The van der Waals surface area contributed by atoms with Crippen LogP contribution < -0.4 is 0 Å². The number of ether oxygens (including phenoxy) is 1. The molecule has 1 heterocycles. The fourth-order valence-corrected chi connectivity index (χ4v) is 2.19. The van der Waals surface area contributed by atoms with Crippen LogP contribution in [-0.2, 0) is 9.53 Å². The number of nitrogens with zero attached hydrogens (tertiary/aromatic N) is 1. The number of hydrogen-bond acceptors (Lipinski definition) is 3. The number of aliphatic imine (C=N–C) groups is 1. The minimum Gasteiger partial charge on any atom is -0.403 e. The maximum Gasteiger partial charge on any atom is 0.363 e. The quantitative estimate of drug-likeness (QED) is 0.588. The summed E-state index contributed by atoms with van der Waals surface area (Å²) in [4.78, 5) is 16.0. The van der Waals surface area contributed by atoms with Crippen molar-refractivity contribution in [3.05, 3.63) is 94.7 Å². The van der Waals surface area contributed by atoms with Crippen molar-refractivity contribution in [2.45, 2.75) is 0 Å². The molecule has 3 rings (SSSR count). The third kappa shape index (κ3) is 4.31. The Balaban J connectivity index is 1.69. The number of halogens is 1. The van der Waals surface area contributed by atoms with Crippen LogP contribution >= 0.6 is 11.6 Å². The van der Waals surface area contributed by atoms with Gasteiger partial charge in [-0.2, -0.15) is 0 Å². The predicted molar refractivity (Wildman–Crippen MR) is 97.6 cm³/mol. The molecule has 0 amide bonds. The Morgan fingerprint density at radius 2 is 1.58 bits per heavy atom. The summed E-state index contributed by atoms with van der Waals surface area (Å²) in [5.41, 5.74) is 2.27. The fraction of sp³-hybridized carbons (Fsp3) is 0. The number of hydrogen-bond donors (Lipinski definition) is 0. The molecule has 0 N–H and O–H groups in total. The van der Waals surface area contributed by atoms with Crippen LogP contribution in [0.25, 0.3) is 12.2 Å². The van der Waals surface area contributed by atoms with Crippen molar-refractivity contribution in [2.75, 3.05) is 0 Å². The number of allylic oxidation sites excluding steroid dienone is 2. The lowest BCUT2D eigenvalue weighted by molar-refractivity contribution is -0.129. The van der Waals surface area contributed by atoms with Gasteiger partial charge in [-0.05, 0) is 35.4 Å². The highest BCUT2D eigenvalue weighted by Gasteiger charge is 2.20. The number of cyclic esters (lactones) is 1. The van der Waals surface area contributed by atoms with Crippen LogP contribution in [0.5, 0.6) is 0 Å². The molecule has 118 valence electrons. The van der Waals surface area contributed by atoms with Gasteiger partial charge in [-0.25, -0.2) is 9.79 Å². The summed E-state index contributed by atoms with van der Waals surface area (Å²) in [6.45, 7) is 0. The third-order valence-electron chi connectivity index (χ3n) is 3.27. The highest BCUT2D eigenvalue weighted by Crippen LogP contribution is 2.15. The highest BCUT2D eigenvalue weighted by molar-refractivity contribution is 6.30. The molecule has 1 aliphatic heterocycles. The Labute approximate surface area is 145 Å². The van der Waals surface area contributed by atoms with E-state index < -0.39 is 5.97 Å². The first kappa shape index (κ1) is 16.0. The zero-order valence-corrected chi connectivity index (χ0v) is 13.5. The summed E-state index contributed by atoms with van der Waals surface area (Å²) in [6, 6.07) is 17.1. The van der Waals surface area contributed by atoms with Crippen molar-refractivity contribution in [1.29, 1.82) is 0 Å². The van der Waals surface area contributed by atoms with Crippen molar-refractivity contribution in [1.82, 2.24) is 0 Å². The van der Waals surface area contributed by atoms with Gasteiger partial charge in [0, 0.05) is 11.1 Å². The molecule has 0 radical (unpaired) electrons. The van der Waals surface area contributed by atoms with Gasteiger partial charge in [0.25, 0.3) is 0 Å². The Bertz CT molecular complexity index is 847. The van der Waals surface area contributed by atoms with Crippen molar-refractivity contribution >= 4 is 35.6 Å². The highest BCUT2D eigenvalue weighted by atomic mass is 35.5. The molecule has 0 saturated carbocycles. The van der Waals surface area contributed by atoms with Crippen LogP contribution in [0, 0.1) is 0 Å². The van der Waals surface area contributed by atoms with Crippen LogP contribution in [0.15, 0.2) is 83.5 Å². The van der Waals surface area contributed by atoms with E-state index in [4.69, 9.17) is 16.3 Å². The molecule has 2 aromatic carbocycles. The van der Waals surface area contributed by atoms with E-state index in [-0.39, 0.29) is 11.6 Å². The fourth-order valence-electron chi connectivity index (χ4n) is 2.07. The average molecular weight is 336 g/mol. The lowest BCUT2D eigenvalue weighted by atomic mass is 10.2. The van der Waals surface area contributed by atoms with Crippen molar-refractivity contribution in [3.8, 4) is 0 Å². The van der Waals surface area contributed by atoms with Crippen LogP contribution in [0.4, 0.5) is 0 Å². The summed E-state index contributed by atoms with van der Waals surface area (Å²) >= 11 is 5.84. The van der Waals surface area contributed by atoms with Gasteiger partial charge < -0.3 is 4.74 Å². The van der Waals surface area contributed by atoms with E-state index in [2.05, 4.69) is 4.99 Å². The topological polar surface area (TPSA) is 38.7 Å². The van der Waals surface area contributed by atoms with Crippen LogP contribution in [-0.4, -0.2) is 11.9 Å². The lowest BCUT2D eigenvalue weighted by Crippen LogP contribution is -2.00. The Kier molecular flexibility index (Phi) is 5.04. The minimum atomic E-state index is -0.455. The van der Waals surface area contributed by atoms with E-state index in [1.807, 2.05) is 54.6 Å². The summed E-state index contributed by atoms with van der Waals surface area (Å²) < 4.78 is 5.12. The third-order valence-corrected chi connectivity index (χ3v) is 3.52. The zero-order valence-electron chi connectivity index (χ0n) is 12.7. The molecule has 0 unspecified atom stereocenters. The standard InChI is InChI=1S/C20H14ClNO2/c21-17-12-9-16(10-13-17)11-14-19-22-18(20(23)24-19)8-4-7-15-5-2-1-3-6-15/h1-14H. The maximum absolute atomic E-state index is 11.8. The van der Waals surface area contributed by atoms with Gasteiger partial charge in [0.15, 0.2) is 5.70 Å². The monoisotopic (exact) mass is 335 g/mol. The second-order valence-electron chi connectivity index (χ2n) is 5.05. The van der Waals surface area contributed by atoms with E-state index in [1.54, 1.807) is 30.4 Å². The molecule has 0 fully saturated rings. The van der Waals surface area contributed by atoms with Gasteiger partial charge in [-0.1, -0.05) is 66.2 Å². The molecule has 0 aromatic heterocycles. The van der Waals surface area contributed by atoms with Crippen molar-refractivity contribution in [3.63, 3.8) is 0 Å². The molecular weight excluding hydrogens is 322 g/mol. The summed E-state index contributed by atoms with van der Waals surface area (Å²) in [5.74, 6) is -0.183. The molecule has 0 aliphatic carbocycles. The number of benzene rings is 2. The molecular formula is C20H14ClNO2. The average Bonchev–Trinajstić information content (AvgIpc) is 2.95. The molecule has 1 aliphatic rings. The zero-order chi connectivity index (χ0) is 16.8. The van der Waals surface area contributed by atoms with Crippen LogP contribution in [0.1, 0.15) is 11.1 Å². The van der Waals surface area contributed by atoms with E-state index in [0.29, 0.717) is 5.02 Å². The smallest absolute Gasteiger partial charge is 0.363 e. The normalized spacial score (nSPS) is 16.1. The number of rotatable bonds is 4. The van der Waals surface area contributed by atoms with Gasteiger partial charge in [0.1, 0.15) is 0 Å². The maximum atomic E-state index is 11.8. The molecule has 0 saturated heterocycles. The number of carbonyl (C=O) groups is 1. The van der Waals surface area contributed by atoms with Gasteiger partial charge in [0.2, 0.25) is 5.90 Å². The van der Waals surface area contributed by atoms with Crippen molar-refractivity contribution < 1.29 is 9.53 Å². The summed E-state index contributed by atoms with van der Waals surface area (Å²) in [5, 5.41) is 0.673. The van der Waals surface area contributed by atoms with Gasteiger partial charge >= 0.3 is 5.97 Å². The summed E-state index contributed by atoms with van der Waals surface area (Å²) in [7, 11) is 0. The molecule has 24 heavy (non-hydrogen) atoms. The van der Waals surface area contributed by atoms with Crippen LogP contribution in [0.2, 0.25) is 5.02 Å². The van der Waals surface area contributed by atoms with Crippen molar-refractivity contribution in [2.24, 2.45) is 4.99 Å². The van der Waals surface area contributed by atoms with Crippen LogP contribution in [0.3, 0.4) is 0 Å². The van der Waals surface area contributed by atoms with E-state index in [1.165, 1.54) is 0 Å². The second-order valence-corrected chi connectivity index (χ2v) is 5.48. The molecule has 0 atom stereocenters. The van der Waals surface area contributed by atoms with Gasteiger partial charge in [-0.3, -0.25) is 0 Å². The second kappa shape index (κ2) is 7.57. The van der Waals surface area contributed by atoms with E-state index >= 15 is 0 Å². The van der Waals surface area contributed by atoms with Gasteiger partial charge in [0.05, 0.1) is 0 Å². The first-order valence-corrected chi connectivity index (χ1v) is 7.76. The van der Waals surface area contributed by atoms with Gasteiger partial charge in [-0.15, -0.1) is 0 Å². The first-order valence-electron chi connectivity index (χ1n) is 7.39. The Morgan fingerprint density at radius 1 is 0.875 bits per heavy atom. The Hall–Kier alpha value is -2.91. The molecule has 0 bridgehead atoms. The first-order chi connectivity index (χ1) is 11.7. The molecule has 4 heteroatoms. The largest absolute Gasteiger partial charge is 0.403 e. The predicted octanol–water partition coefficient (Wildman–Crippen LogP) is 4.91. The molecule has 2 aromatic rings. The SMILES string of the molecule is O=C1OC(C=Cc2ccc(Cl)cc2)=NC1=CC=Cc1ccccc1. The van der Waals surface area contributed by atoms with E-state index in [9.17, 15) is 4.79 Å². The molecule has 0 spiro atoms. The lowest BCUT2D eigenvalue weighted by Gasteiger charge is -1.93. The minimum absolute atomic E-state index is 0.273.